The van der Waals surface area contributed by atoms with Gasteiger partial charge in [-0.1, -0.05) is 38.1 Å². The predicted octanol–water partition coefficient (Wildman–Crippen LogP) is 5.44. The van der Waals surface area contributed by atoms with Crippen LogP contribution in [-0.4, -0.2) is 22.9 Å². The second kappa shape index (κ2) is 7.78. The summed E-state index contributed by atoms with van der Waals surface area (Å²) in [6.07, 6.45) is 1.19. The Morgan fingerprint density at radius 1 is 1.00 bits per heavy atom. The Labute approximate surface area is 176 Å². The van der Waals surface area contributed by atoms with Crippen molar-refractivity contribution in [2.24, 2.45) is 5.41 Å². The van der Waals surface area contributed by atoms with Gasteiger partial charge >= 0.3 is 0 Å². The quantitative estimate of drug-likeness (QED) is 0.592. The molecule has 0 atom stereocenters. The molecule has 6 heteroatoms. The first-order valence-corrected chi connectivity index (χ1v) is 10.0. The molecule has 2 aromatic carbocycles. The fourth-order valence-electron chi connectivity index (χ4n) is 3.84. The largest absolute Gasteiger partial charge is 0.495 e. The van der Waals surface area contributed by atoms with Crippen LogP contribution in [-0.2, 0) is 6.42 Å². The van der Waals surface area contributed by atoms with Crippen LogP contribution in [0.3, 0.4) is 0 Å². The minimum Gasteiger partial charge on any atom is -0.495 e. The van der Waals surface area contributed by atoms with Crippen LogP contribution in [0.4, 0.5) is 23.1 Å². The molecule has 4 rings (SSSR count). The van der Waals surface area contributed by atoms with E-state index in [0.717, 1.165) is 22.6 Å². The van der Waals surface area contributed by atoms with Crippen molar-refractivity contribution in [3.63, 3.8) is 0 Å². The van der Waals surface area contributed by atoms with Crippen molar-refractivity contribution in [2.75, 3.05) is 17.7 Å². The van der Waals surface area contributed by atoms with E-state index in [1.165, 1.54) is 0 Å². The van der Waals surface area contributed by atoms with E-state index in [1.807, 2.05) is 55.5 Å². The zero-order chi connectivity index (χ0) is 21.3. The van der Waals surface area contributed by atoms with Gasteiger partial charge in [-0.15, -0.1) is 0 Å². The summed E-state index contributed by atoms with van der Waals surface area (Å²) in [7, 11) is 1.63. The molecule has 1 heterocycles. The molecule has 0 fully saturated rings. The highest BCUT2D eigenvalue weighted by Gasteiger charge is 2.35. The summed E-state index contributed by atoms with van der Waals surface area (Å²) in [4.78, 5) is 22.4. The molecule has 154 valence electrons. The smallest absolute Gasteiger partial charge is 0.229 e. The molecule has 0 radical (unpaired) electrons. The SMILES string of the molecule is COc1ccccc1Nc1nc2c(c(Nc3cccc(C)c3)n1)C(=O)CC(C)(C)C2. The van der Waals surface area contributed by atoms with Crippen molar-refractivity contribution in [1.29, 1.82) is 0 Å². The number of aryl methyl sites for hydroxylation is 1. The molecule has 0 saturated heterocycles. The summed E-state index contributed by atoms with van der Waals surface area (Å²) in [6, 6.07) is 15.6. The number of ether oxygens (including phenoxy) is 1. The molecule has 1 aromatic heterocycles. The van der Waals surface area contributed by atoms with Crippen molar-refractivity contribution in [3.05, 3.63) is 65.4 Å². The Hall–Kier alpha value is -3.41. The molecular weight excluding hydrogens is 376 g/mol. The first-order chi connectivity index (χ1) is 14.3. The molecule has 0 amide bonds. The average Bonchev–Trinajstić information content (AvgIpc) is 2.67. The van der Waals surface area contributed by atoms with Gasteiger partial charge in [0.15, 0.2) is 5.78 Å². The number of Topliss-reactive ketones (excluding diaryl/α,β-unsaturated/α-hetero) is 1. The predicted molar refractivity (Wildman–Crippen MR) is 119 cm³/mol. The Bertz CT molecular complexity index is 1110. The van der Waals surface area contributed by atoms with E-state index in [1.54, 1.807) is 7.11 Å². The number of hydrogen-bond donors (Lipinski definition) is 2. The number of carbonyl (C=O) groups is 1. The molecule has 1 aliphatic carbocycles. The van der Waals surface area contributed by atoms with Crippen LogP contribution in [0.15, 0.2) is 48.5 Å². The van der Waals surface area contributed by atoms with E-state index in [2.05, 4.69) is 29.5 Å². The third-order valence-electron chi connectivity index (χ3n) is 5.18. The van der Waals surface area contributed by atoms with Crippen molar-refractivity contribution in [2.45, 2.75) is 33.6 Å². The molecule has 3 aromatic rings. The lowest BCUT2D eigenvalue weighted by molar-refractivity contribution is 0.0911. The van der Waals surface area contributed by atoms with Crippen LogP contribution in [0.2, 0.25) is 0 Å². The number of anilines is 4. The van der Waals surface area contributed by atoms with E-state index in [-0.39, 0.29) is 11.2 Å². The van der Waals surface area contributed by atoms with Gasteiger partial charge in [-0.2, -0.15) is 4.98 Å². The number of hydrogen-bond acceptors (Lipinski definition) is 6. The Kier molecular flexibility index (Phi) is 5.16. The second-order valence-electron chi connectivity index (χ2n) is 8.48. The second-order valence-corrected chi connectivity index (χ2v) is 8.48. The minimum absolute atomic E-state index is 0.0697. The van der Waals surface area contributed by atoms with Crippen LogP contribution in [0.25, 0.3) is 0 Å². The lowest BCUT2D eigenvalue weighted by atomic mass is 9.75. The maximum Gasteiger partial charge on any atom is 0.229 e. The number of fused-ring (bicyclic) bond motifs is 1. The van der Waals surface area contributed by atoms with Crippen LogP contribution in [0, 0.1) is 12.3 Å². The normalized spacial score (nSPS) is 14.7. The van der Waals surface area contributed by atoms with Gasteiger partial charge < -0.3 is 15.4 Å². The van der Waals surface area contributed by atoms with E-state index in [0.29, 0.717) is 35.9 Å². The van der Waals surface area contributed by atoms with Gasteiger partial charge in [0.25, 0.3) is 0 Å². The van der Waals surface area contributed by atoms with Crippen molar-refractivity contribution >= 4 is 28.9 Å². The van der Waals surface area contributed by atoms with Gasteiger partial charge in [0.1, 0.15) is 11.6 Å². The van der Waals surface area contributed by atoms with Gasteiger partial charge in [0, 0.05) is 12.1 Å². The zero-order valence-electron chi connectivity index (χ0n) is 17.7. The highest BCUT2D eigenvalue weighted by molar-refractivity contribution is 6.03. The van der Waals surface area contributed by atoms with E-state index in [9.17, 15) is 4.79 Å². The number of rotatable bonds is 5. The third kappa shape index (κ3) is 4.13. The molecule has 30 heavy (non-hydrogen) atoms. The van der Waals surface area contributed by atoms with Gasteiger partial charge in [-0.25, -0.2) is 4.98 Å². The Morgan fingerprint density at radius 2 is 1.80 bits per heavy atom. The molecule has 0 saturated carbocycles. The molecule has 6 nitrogen and oxygen atoms in total. The van der Waals surface area contributed by atoms with Crippen molar-refractivity contribution in [3.8, 4) is 5.75 Å². The first kappa shape index (κ1) is 19.9. The van der Waals surface area contributed by atoms with E-state index in [4.69, 9.17) is 9.72 Å². The third-order valence-corrected chi connectivity index (χ3v) is 5.18. The summed E-state index contributed by atoms with van der Waals surface area (Å²) in [6.45, 7) is 6.22. The lowest BCUT2D eigenvalue weighted by Gasteiger charge is -2.30. The topological polar surface area (TPSA) is 76.1 Å². The Morgan fingerprint density at radius 3 is 2.57 bits per heavy atom. The number of nitrogens with zero attached hydrogens (tertiary/aromatic N) is 2. The molecule has 0 unspecified atom stereocenters. The lowest BCUT2D eigenvalue weighted by Crippen LogP contribution is -2.29. The van der Waals surface area contributed by atoms with Crippen LogP contribution in [0.5, 0.6) is 5.75 Å². The van der Waals surface area contributed by atoms with E-state index < -0.39 is 0 Å². The standard InChI is InChI=1S/C24H26N4O2/c1-15-8-7-9-16(12-15)25-22-21-18(13-24(2,3)14-19(21)29)27-23(28-22)26-17-10-5-6-11-20(17)30-4/h5-12H,13-14H2,1-4H3,(H2,25,26,27,28). The minimum atomic E-state index is -0.138. The van der Waals surface area contributed by atoms with E-state index >= 15 is 0 Å². The molecule has 0 bridgehead atoms. The van der Waals surface area contributed by atoms with Crippen LogP contribution >= 0.6 is 0 Å². The summed E-state index contributed by atoms with van der Waals surface area (Å²) < 4.78 is 5.43. The van der Waals surface area contributed by atoms with Crippen molar-refractivity contribution in [1.82, 2.24) is 9.97 Å². The number of ketones is 1. The number of benzene rings is 2. The zero-order valence-corrected chi connectivity index (χ0v) is 17.7. The fraction of sp³-hybridized carbons (Fsp3) is 0.292. The van der Waals surface area contributed by atoms with Gasteiger partial charge in [0.05, 0.1) is 24.1 Å². The molecule has 1 aliphatic rings. The number of para-hydroxylation sites is 2. The molecule has 0 aliphatic heterocycles. The fourth-order valence-corrected chi connectivity index (χ4v) is 3.84. The summed E-state index contributed by atoms with van der Waals surface area (Å²) in [5.74, 6) is 1.73. The maximum atomic E-state index is 13.0. The highest BCUT2D eigenvalue weighted by atomic mass is 16.5. The van der Waals surface area contributed by atoms with Crippen LogP contribution < -0.4 is 15.4 Å². The number of carbonyl (C=O) groups excluding carboxylic acids is 1. The van der Waals surface area contributed by atoms with Gasteiger partial charge in [-0.05, 0) is 48.6 Å². The van der Waals surface area contributed by atoms with Crippen molar-refractivity contribution < 1.29 is 9.53 Å². The Balaban J connectivity index is 1.79. The maximum absolute atomic E-state index is 13.0. The molecular formula is C24H26N4O2. The molecule has 0 spiro atoms. The number of aromatic nitrogens is 2. The van der Waals surface area contributed by atoms with Gasteiger partial charge in [0.2, 0.25) is 5.95 Å². The molecule has 2 N–H and O–H groups in total. The average molecular weight is 402 g/mol. The number of methoxy groups -OCH3 is 1. The summed E-state index contributed by atoms with van der Waals surface area (Å²) in [5, 5.41) is 6.60. The van der Waals surface area contributed by atoms with Gasteiger partial charge in [-0.3, -0.25) is 4.79 Å². The summed E-state index contributed by atoms with van der Waals surface area (Å²) in [5.41, 5.74) is 3.99. The summed E-state index contributed by atoms with van der Waals surface area (Å²) >= 11 is 0. The highest BCUT2D eigenvalue weighted by Crippen LogP contribution is 2.38. The number of nitrogens with one attached hydrogen (secondary N) is 2. The monoisotopic (exact) mass is 402 g/mol. The first-order valence-electron chi connectivity index (χ1n) is 10.0. The van der Waals surface area contributed by atoms with Crippen LogP contribution in [0.1, 0.15) is 41.9 Å².